The van der Waals surface area contributed by atoms with Crippen LogP contribution in [-0.2, 0) is 0 Å². The molecular weight excluding hydrogens is 299 g/mol. The van der Waals surface area contributed by atoms with E-state index in [9.17, 15) is 0 Å². The molecule has 0 atom stereocenters. The normalized spacial score (nSPS) is 12.0. The van der Waals surface area contributed by atoms with E-state index >= 15 is 0 Å². The summed E-state index contributed by atoms with van der Waals surface area (Å²) in [6.45, 7) is 4.90. The largest absolute Gasteiger partial charge is 0.290 e. The highest BCUT2D eigenvalue weighted by atomic mass is 35.5. The summed E-state index contributed by atoms with van der Waals surface area (Å²) in [6.07, 6.45) is 3.40. The second-order valence-electron chi connectivity index (χ2n) is 4.18. The van der Waals surface area contributed by atoms with Crippen molar-refractivity contribution in [1.29, 1.82) is 0 Å². The number of aliphatic imine (C=N–C) groups is 2. The third-order valence-corrected chi connectivity index (χ3v) is 3.27. The van der Waals surface area contributed by atoms with Crippen molar-refractivity contribution >= 4 is 35.6 Å². The van der Waals surface area contributed by atoms with Crippen LogP contribution in [0.15, 0.2) is 9.98 Å². The van der Waals surface area contributed by atoms with Gasteiger partial charge in [-0.2, -0.15) is 10.2 Å². The van der Waals surface area contributed by atoms with E-state index in [0.29, 0.717) is 23.4 Å². The van der Waals surface area contributed by atoms with Gasteiger partial charge < -0.3 is 0 Å². The summed E-state index contributed by atoms with van der Waals surface area (Å²) in [5, 5.41) is 14.2. The second-order valence-corrected chi connectivity index (χ2v) is 4.89. The van der Waals surface area contributed by atoms with Gasteiger partial charge in [0.1, 0.15) is 0 Å². The van der Waals surface area contributed by atoms with Gasteiger partial charge in [0.2, 0.25) is 0 Å². The summed E-state index contributed by atoms with van der Waals surface area (Å²) in [5.41, 5.74) is 3.40. The van der Waals surface area contributed by atoms with Gasteiger partial charge >= 0.3 is 0 Å². The fourth-order valence-electron chi connectivity index (χ4n) is 1.54. The molecular formula is C12H14Cl2N6. The summed E-state index contributed by atoms with van der Waals surface area (Å²) >= 11 is 11.8. The molecule has 0 saturated carbocycles. The van der Waals surface area contributed by atoms with Crippen molar-refractivity contribution in [2.45, 2.75) is 13.8 Å². The Labute approximate surface area is 126 Å². The standard InChI is InChI=1S/C12H14Cl2N6/c1-7-9(11(13)19-17-7)5-15-3-4-16-6-10-8(2)18-20-12(10)14/h5-6H,3-4H2,1-2H3,(H,17,19)(H,18,20). The number of halogens is 2. The fraction of sp³-hybridized carbons (Fsp3) is 0.333. The number of nitrogens with zero attached hydrogens (tertiary/aromatic N) is 4. The average molecular weight is 313 g/mol. The first-order valence-corrected chi connectivity index (χ1v) is 6.75. The fourth-order valence-corrected chi connectivity index (χ4v) is 2.01. The Morgan fingerprint density at radius 2 is 1.30 bits per heavy atom. The summed E-state index contributed by atoms with van der Waals surface area (Å²) in [5.74, 6) is 0. The number of aromatic amines is 2. The highest BCUT2D eigenvalue weighted by Crippen LogP contribution is 2.13. The third-order valence-electron chi connectivity index (χ3n) is 2.70. The molecule has 0 fully saturated rings. The number of nitrogens with one attached hydrogen (secondary N) is 2. The predicted molar refractivity (Wildman–Crippen MR) is 81.6 cm³/mol. The molecule has 6 nitrogen and oxygen atoms in total. The monoisotopic (exact) mass is 312 g/mol. The number of aryl methyl sites for hydroxylation is 2. The Hall–Kier alpha value is -1.66. The van der Waals surface area contributed by atoms with E-state index < -0.39 is 0 Å². The third kappa shape index (κ3) is 3.46. The van der Waals surface area contributed by atoms with Gasteiger partial charge in [0.25, 0.3) is 0 Å². The second kappa shape index (κ2) is 6.67. The van der Waals surface area contributed by atoms with Gasteiger partial charge in [0.15, 0.2) is 10.3 Å². The molecule has 0 aromatic carbocycles. The van der Waals surface area contributed by atoms with Crippen LogP contribution in [0.1, 0.15) is 22.5 Å². The molecule has 0 saturated heterocycles. The van der Waals surface area contributed by atoms with Crippen molar-refractivity contribution < 1.29 is 0 Å². The molecule has 2 rings (SSSR count). The number of hydrogen-bond donors (Lipinski definition) is 2. The van der Waals surface area contributed by atoms with E-state index in [0.717, 1.165) is 22.5 Å². The van der Waals surface area contributed by atoms with Gasteiger partial charge in [-0.3, -0.25) is 20.2 Å². The molecule has 0 unspecified atom stereocenters. The highest BCUT2D eigenvalue weighted by Gasteiger charge is 2.05. The lowest BCUT2D eigenvalue weighted by Crippen LogP contribution is -1.92. The van der Waals surface area contributed by atoms with Crippen molar-refractivity contribution in [3.05, 3.63) is 32.8 Å². The van der Waals surface area contributed by atoms with Crippen molar-refractivity contribution in [3.63, 3.8) is 0 Å². The summed E-state index contributed by atoms with van der Waals surface area (Å²) in [6, 6.07) is 0. The number of hydrogen-bond acceptors (Lipinski definition) is 4. The summed E-state index contributed by atoms with van der Waals surface area (Å²) < 4.78 is 0. The van der Waals surface area contributed by atoms with Crippen LogP contribution in [0.4, 0.5) is 0 Å². The van der Waals surface area contributed by atoms with Crippen LogP contribution in [0.3, 0.4) is 0 Å². The Bertz CT molecular complexity index is 545. The summed E-state index contributed by atoms with van der Waals surface area (Å²) in [4.78, 5) is 8.52. The van der Waals surface area contributed by atoms with Crippen molar-refractivity contribution in [2.24, 2.45) is 9.98 Å². The van der Waals surface area contributed by atoms with Gasteiger partial charge in [-0.1, -0.05) is 23.2 Å². The number of rotatable bonds is 5. The maximum Gasteiger partial charge on any atom is 0.159 e. The first kappa shape index (κ1) is 14.7. The smallest absolute Gasteiger partial charge is 0.159 e. The van der Waals surface area contributed by atoms with Crippen LogP contribution >= 0.6 is 23.2 Å². The zero-order valence-electron chi connectivity index (χ0n) is 11.1. The van der Waals surface area contributed by atoms with E-state index in [4.69, 9.17) is 23.2 Å². The molecule has 0 amide bonds. The SMILES string of the molecule is Cc1[nH]nc(Cl)c1C=NCCN=Cc1c(Cl)n[nH]c1C. The van der Waals surface area contributed by atoms with Gasteiger partial charge in [-0.25, -0.2) is 0 Å². The lowest BCUT2D eigenvalue weighted by molar-refractivity contribution is 0.984. The molecule has 0 bridgehead atoms. The quantitative estimate of drug-likeness (QED) is 0.657. The number of aromatic nitrogens is 4. The average Bonchev–Trinajstić information content (AvgIpc) is 2.90. The van der Waals surface area contributed by atoms with E-state index in [1.54, 1.807) is 12.4 Å². The van der Waals surface area contributed by atoms with E-state index in [2.05, 4.69) is 30.4 Å². The van der Waals surface area contributed by atoms with Crippen LogP contribution in [-0.4, -0.2) is 45.9 Å². The Morgan fingerprint density at radius 3 is 1.60 bits per heavy atom. The molecule has 2 aromatic heterocycles. The first-order chi connectivity index (χ1) is 9.59. The van der Waals surface area contributed by atoms with E-state index in [-0.39, 0.29) is 0 Å². The first-order valence-electron chi connectivity index (χ1n) is 6.00. The molecule has 8 heteroatoms. The minimum atomic E-state index is 0.426. The van der Waals surface area contributed by atoms with Gasteiger partial charge in [0, 0.05) is 23.8 Å². The van der Waals surface area contributed by atoms with Crippen LogP contribution in [0, 0.1) is 13.8 Å². The Morgan fingerprint density at radius 1 is 0.900 bits per heavy atom. The van der Waals surface area contributed by atoms with Crippen molar-refractivity contribution in [2.75, 3.05) is 13.1 Å². The van der Waals surface area contributed by atoms with Crippen LogP contribution < -0.4 is 0 Å². The number of H-pyrrole nitrogens is 2. The molecule has 0 aliphatic rings. The van der Waals surface area contributed by atoms with Crippen LogP contribution in [0.25, 0.3) is 0 Å². The molecule has 0 spiro atoms. The van der Waals surface area contributed by atoms with E-state index in [1.807, 2.05) is 13.8 Å². The maximum absolute atomic E-state index is 5.90. The molecule has 2 aromatic rings. The molecule has 0 aliphatic heterocycles. The molecule has 20 heavy (non-hydrogen) atoms. The van der Waals surface area contributed by atoms with Crippen LogP contribution in [0.2, 0.25) is 10.3 Å². The molecule has 2 N–H and O–H groups in total. The summed E-state index contributed by atoms with van der Waals surface area (Å²) in [7, 11) is 0. The van der Waals surface area contributed by atoms with Crippen LogP contribution in [0.5, 0.6) is 0 Å². The lowest BCUT2D eigenvalue weighted by atomic mass is 10.3. The Balaban J connectivity index is 1.85. The van der Waals surface area contributed by atoms with Gasteiger partial charge in [-0.05, 0) is 13.8 Å². The van der Waals surface area contributed by atoms with Crippen molar-refractivity contribution in [1.82, 2.24) is 20.4 Å². The minimum absolute atomic E-state index is 0.426. The molecule has 0 aliphatic carbocycles. The lowest BCUT2D eigenvalue weighted by Gasteiger charge is -1.92. The predicted octanol–water partition coefficient (Wildman–Crippen LogP) is 2.59. The van der Waals surface area contributed by atoms with Gasteiger partial charge in [0.05, 0.1) is 24.2 Å². The van der Waals surface area contributed by atoms with Gasteiger partial charge in [-0.15, -0.1) is 0 Å². The minimum Gasteiger partial charge on any atom is -0.290 e. The Kier molecular flexibility index (Phi) is 4.92. The maximum atomic E-state index is 5.90. The topological polar surface area (TPSA) is 82.1 Å². The van der Waals surface area contributed by atoms with E-state index in [1.165, 1.54) is 0 Å². The molecule has 2 heterocycles. The molecule has 106 valence electrons. The zero-order valence-corrected chi connectivity index (χ0v) is 12.6. The molecule has 0 radical (unpaired) electrons. The van der Waals surface area contributed by atoms with Crippen molar-refractivity contribution in [3.8, 4) is 0 Å². The zero-order chi connectivity index (χ0) is 14.5. The highest BCUT2D eigenvalue weighted by molar-refractivity contribution is 6.32.